The van der Waals surface area contributed by atoms with Gasteiger partial charge in [0.2, 0.25) is 0 Å². The van der Waals surface area contributed by atoms with Gasteiger partial charge < -0.3 is 15.2 Å². The molecule has 0 amide bonds. The zero-order valence-electron chi connectivity index (χ0n) is 15.5. The van der Waals surface area contributed by atoms with Gasteiger partial charge >= 0.3 is 0 Å². The van der Waals surface area contributed by atoms with Crippen LogP contribution in [0.4, 0.5) is 5.82 Å². The van der Waals surface area contributed by atoms with Gasteiger partial charge in [0.05, 0.1) is 23.7 Å². The van der Waals surface area contributed by atoms with Gasteiger partial charge in [-0.25, -0.2) is 9.97 Å². The highest BCUT2D eigenvalue weighted by Gasteiger charge is 2.33. The number of thiophene rings is 1. The van der Waals surface area contributed by atoms with Crippen molar-refractivity contribution < 1.29 is 9.84 Å². The smallest absolute Gasteiger partial charge is 0.191 e. The predicted octanol–water partition coefficient (Wildman–Crippen LogP) is 4.23. The maximum atomic E-state index is 9.68. The Kier molecular flexibility index (Phi) is 5.58. The summed E-state index contributed by atoms with van der Waals surface area (Å²) >= 11 is 3.37. The van der Waals surface area contributed by atoms with Crippen molar-refractivity contribution >= 4 is 39.1 Å². The number of fused-ring (bicyclic) bond motifs is 3. The number of aliphatic hydroxyl groups is 1. The van der Waals surface area contributed by atoms with Crippen molar-refractivity contribution in [2.24, 2.45) is 0 Å². The number of rotatable bonds is 6. The Hall–Kier alpha value is -0.890. The minimum absolute atomic E-state index is 0.131. The van der Waals surface area contributed by atoms with Gasteiger partial charge in [-0.2, -0.15) is 0 Å². The summed E-state index contributed by atoms with van der Waals surface area (Å²) in [6.07, 6.45) is 1.43. The molecule has 25 heavy (non-hydrogen) atoms. The molecule has 0 saturated carbocycles. The number of nitrogens with zero attached hydrogens (tertiary/aromatic N) is 2. The van der Waals surface area contributed by atoms with Crippen molar-refractivity contribution in [2.45, 2.75) is 76.2 Å². The highest BCUT2D eigenvalue weighted by Crippen LogP contribution is 2.42. The fraction of sp³-hybridized carbons (Fsp3) is 0.667. The molecule has 2 aromatic heterocycles. The highest BCUT2D eigenvalue weighted by molar-refractivity contribution is 7.99. The van der Waals surface area contributed by atoms with Crippen molar-refractivity contribution in [3.8, 4) is 0 Å². The molecule has 0 radical (unpaired) electrons. The SMILES string of the molecule is CC[C@@]1(C)Cc2c(sc3nc(SC(C)C)nc(NC[C@@H](C)O)c23)CO1. The van der Waals surface area contributed by atoms with Crippen molar-refractivity contribution in [1.82, 2.24) is 9.97 Å². The van der Waals surface area contributed by atoms with Gasteiger partial charge in [-0.1, -0.05) is 32.5 Å². The second-order valence-corrected chi connectivity index (χ2v) is 9.83. The molecule has 5 nitrogen and oxygen atoms in total. The lowest BCUT2D eigenvalue weighted by Gasteiger charge is -2.33. The largest absolute Gasteiger partial charge is 0.392 e. The molecule has 0 aromatic carbocycles. The average Bonchev–Trinajstić information content (AvgIpc) is 2.89. The number of aromatic nitrogens is 2. The summed E-state index contributed by atoms with van der Waals surface area (Å²) in [4.78, 5) is 11.8. The van der Waals surface area contributed by atoms with Crippen LogP contribution < -0.4 is 5.32 Å². The molecule has 0 unspecified atom stereocenters. The van der Waals surface area contributed by atoms with Crippen LogP contribution in [-0.2, 0) is 17.8 Å². The summed E-state index contributed by atoms with van der Waals surface area (Å²) in [5.74, 6) is 0.840. The summed E-state index contributed by atoms with van der Waals surface area (Å²) < 4.78 is 6.10. The minimum atomic E-state index is -0.426. The van der Waals surface area contributed by atoms with Crippen LogP contribution in [0.25, 0.3) is 10.2 Å². The van der Waals surface area contributed by atoms with Crippen LogP contribution in [0.5, 0.6) is 0 Å². The van der Waals surface area contributed by atoms with E-state index < -0.39 is 6.10 Å². The van der Waals surface area contributed by atoms with Gasteiger partial charge in [-0.3, -0.25) is 0 Å². The van der Waals surface area contributed by atoms with Gasteiger partial charge in [0.15, 0.2) is 5.16 Å². The third-order valence-electron chi connectivity index (χ3n) is 4.47. The molecule has 0 bridgehead atoms. The van der Waals surface area contributed by atoms with E-state index in [-0.39, 0.29) is 5.60 Å². The number of hydrogen-bond donors (Lipinski definition) is 2. The Labute approximate surface area is 157 Å². The van der Waals surface area contributed by atoms with Crippen LogP contribution in [0, 0.1) is 0 Å². The van der Waals surface area contributed by atoms with E-state index in [0.717, 1.165) is 34.0 Å². The fourth-order valence-electron chi connectivity index (χ4n) is 2.92. The first kappa shape index (κ1) is 18.9. The van der Waals surface area contributed by atoms with Gasteiger partial charge in [0.1, 0.15) is 10.6 Å². The summed E-state index contributed by atoms with van der Waals surface area (Å²) in [7, 11) is 0. The van der Waals surface area contributed by atoms with E-state index in [0.29, 0.717) is 18.4 Å². The number of thioether (sulfide) groups is 1. The topological polar surface area (TPSA) is 67.3 Å². The number of ether oxygens (including phenoxy) is 1. The molecule has 1 aliphatic rings. The molecule has 2 N–H and O–H groups in total. The lowest BCUT2D eigenvalue weighted by atomic mass is 9.90. The molecule has 0 saturated heterocycles. The second kappa shape index (κ2) is 7.39. The Bertz CT molecular complexity index is 760. The Morgan fingerprint density at radius 1 is 1.36 bits per heavy atom. The minimum Gasteiger partial charge on any atom is -0.392 e. The van der Waals surface area contributed by atoms with Crippen molar-refractivity contribution in [3.05, 3.63) is 10.4 Å². The normalized spacial score (nSPS) is 21.6. The molecule has 0 aliphatic carbocycles. The molecule has 0 fully saturated rings. The number of nitrogens with one attached hydrogen (secondary N) is 1. The summed E-state index contributed by atoms with van der Waals surface area (Å²) in [5.41, 5.74) is 1.18. The molecule has 138 valence electrons. The molecule has 1 aliphatic heterocycles. The standard InChI is InChI=1S/C18H27N3O2S2/c1-6-18(5)7-12-13(9-23-18)25-16-14(12)15(19-8-11(4)22)20-17(21-16)24-10(2)3/h10-11,22H,6-9H2,1-5H3,(H,19,20,21)/t11-,18+/m1/s1. The molecule has 0 spiro atoms. The first-order chi connectivity index (χ1) is 11.8. The van der Waals surface area contributed by atoms with E-state index >= 15 is 0 Å². The first-order valence-corrected chi connectivity index (χ1v) is 10.6. The maximum absolute atomic E-state index is 9.68. The van der Waals surface area contributed by atoms with Gasteiger partial charge in [0.25, 0.3) is 0 Å². The lowest BCUT2D eigenvalue weighted by Crippen LogP contribution is -2.34. The van der Waals surface area contributed by atoms with Gasteiger partial charge in [-0.05, 0) is 25.8 Å². The Morgan fingerprint density at radius 3 is 2.76 bits per heavy atom. The zero-order chi connectivity index (χ0) is 18.2. The number of aliphatic hydroxyl groups excluding tert-OH is 1. The van der Waals surface area contributed by atoms with Crippen LogP contribution in [0.3, 0.4) is 0 Å². The summed E-state index contributed by atoms with van der Waals surface area (Å²) in [6, 6.07) is 0. The summed E-state index contributed by atoms with van der Waals surface area (Å²) in [5, 5.41) is 15.3. The van der Waals surface area contributed by atoms with E-state index in [1.54, 1.807) is 30.0 Å². The average molecular weight is 382 g/mol. The molecule has 7 heteroatoms. The van der Waals surface area contributed by atoms with Crippen LogP contribution in [0.15, 0.2) is 5.16 Å². The summed E-state index contributed by atoms with van der Waals surface area (Å²) in [6.45, 7) is 11.5. The number of hydrogen-bond acceptors (Lipinski definition) is 7. The van der Waals surface area contributed by atoms with E-state index in [9.17, 15) is 5.11 Å². The zero-order valence-corrected chi connectivity index (χ0v) is 17.2. The van der Waals surface area contributed by atoms with Crippen molar-refractivity contribution in [3.63, 3.8) is 0 Å². The Morgan fingerprint density at radius 2 is 2.12 bits per heavy atom. The Balaban J connectivity index is 2.09. The molecule has 2 aromatic rings. The predicted molar refractivity (Wildman–Crippen MR) is 106 cm³/mol. The van der Waals surface area contributed by atoms with Crippen LogP contribution >= 0.6 is 23.1 Å². The first-order valence-electron chi connectivity index (χ1n) is 8.86. The quantitative estimate of drug-likeness (QED) is 0.577. The highest BCUT2D eigenvalue weighted by atomic mass is 32.2. The lowest BCUT2D eigenvalue weighted by molar-refractivity contribution is -0.0542. The molecule has 2 atom stereocenters. The van der Waals surface area contributed by atoms with Gasteiger partial charge in [-0.15, -0.1) is 11.3 Å². The maximum Gasteiger partial charge on any atom is 0.191 e. The number of anilines is 1. The van der Waals surface area contributed by atoms with Crippen LogP contribution in [0.2, 0.25) is 0 Å². The van der Waals surface area contributed by atoms with E-state index in [1.807, 2.05) is 0 Å². The monoisotopic (exact) mass is 381 g/mol. The third-order valence-corrected chi connectivity index (χ3v) is 6.43. The van der Waals surface area contributed by atoms with E-state index in [4.69, 9.17) is 14.7 Å². The van der Waals surface area contributed by atoms with Crippen molar-refractivity contribution in [1.29, 1.82) is 0 Å². The van der Waals surface area contributed by atoms with E-state index in [1.165, 1.54) is 10.4 Å². The van der Waals surface area contributed by atoms with Crippen molar-refractivity contribution in [2.75, 3.05) is 11.9 Å². The second-order valence-electron chi connectivity index (χ2n) is 7.20. The van der Waals surface area contributed by atoms with E-state index in [2.05, 4.69) is 33.0 Å². The molecule has 3 rings (SSSR count). The van der Waals surface area contributed by atoms with Crippen LogP contribution in [-0.4, -0.2) is 38.6 Å². The molecular weight excluding hydrogens is 354 g/mol. The van der Waals surface area contributed by atoms with Gasteiger partial charge in [0, 0.05) is 23.1 Å². The third kappa shape index (κ3) is 4.10. The molecular formula is C18H27N3O2S2. The fourth-order valence-corrected chi connectivity index (χ4v) is 4.79. The molecule has 3 heterocycles. The van der Waals surface area contributed by atoms with Crippen LogP contribution in [0.1, 0.15) is 51.5 Å².